The Balaban J connectivity index is 0.00000225. The van der Waals surface area contributed by atoms with Gasteiger partial charge < -0.3 is 29.9 Å². The predicted molar refractivity (Wildman–Crippen MR) is 224 cm³/mol. The van der Waals surface area contributed by atoms with Crippen LogP contribution >= 0.6 is 0 Å². The fourth-order valence-electron chi connectivity index (χ4n) is 8.62. The van der Waals surface area contributed by atoms with Gasteiger partial charge in [-0.1, -0.05) is 0 Å². The van der Waals surface area contributed by atoms with Crippen LogP contribution in [0.5, 0.6) is 0 Å². The third-order valence-electron chi connectivity index (χ3n) is 11.7. The first-order chi connectivity index (χ1) is 31.9. The van der Waals surface area contributed by atoms with Gasteiger partial charge in [0.15, 0.2) is 46.5 Å². The first-order valence-electron chi connectivity index (χ1n) is 19.5. The average molecular weight is 924 g/mol. The second-order valence-corrected chi connectivity index (χ2v) is 15.5. The molecule has 0 atom stereocenters. The van der Waals surface area contributed by atoms with Gasteiger partial charge in [-0.3, -0.25) is 0 Å². The first-order valence-corrected chi connectivity index (χ1v) is 20.1. The van der Waals surface area contributed by atoms with Crippen LogP contribution in [0.4, 0.5) is 35.1 Å². The van der Waals surface area contributed by atoms with Crippen LogP contribution in [0.3, 0.4) is 0 Å². The van der Waals surface area contributed by atoms with Crippen LogP contribution in [-0.4, -0.2) is 29.9 Å². The summed E-state index contributed by atoms with van der Waals surface area (Å²) in [6, 6.07) is 20.8. The molecule has 18 heteroatoms. The zero-order valence-electron chi connectivity index (χ0n) is 32.7. The van der Waals surface area contributed by atoms with E-state index in [1.807, 2.05) is 0 Å². The van der Waals surface area contributed by atoms with Crippen LogP contribution in [0, 0.1) is 46.5 Å². The number of rotatable bonds is 0. The Kier molecular flexibility index (Phi) is 8.54. The SMILES string of the molecule is Fc1cc2cc3c(cc2cc1F)-c1nc-3nc2[n-]c(nc3nc(nc4[n-]c(n1)c1cc5cc(F)c(F)cc5cc41)-c1cc4cc(F)c(F)cc4cc1-3)c1cc3cc(F)c(F)cc3cc21.[O]=[V+2]. The van der Waals surface area contributed by atoms with E-state index in [-0.39, 0.29) is 45.9 Å². The molecule has 315 valence electrons. The molecule has 3 aromatic heterocycles. The Morgan fingerprint density at radius 1 is 0.273 bits per heavy atom. The number of hydrogen-bond acceptors (Lipinski definition) is 7. The van der Waals surface area contributed by atoms with Crippen molar-refractivity contribution in [2.75, 3.05) is 0 Å². The number of aromatic nitrogens is 8. The summed E-state index contributed by atoms with van der Waals surface area (Å²) in [5.74, 6) is -8.53. The van der Waals surface area contributed by atoms with Crippen LogP contribution < -0.4 is 9.97 Å². The molecule has 0 saturated carbocycles. The maximum absolute atomic E-state index is 14.6. The number of hydrogen-bond donors (Lipinski definition) is 0. The normalized spacial score (nSPS) is 12.1. The van der Waals surface area contributed by atoms with Crippen molar-refractivity contribution >= 4 is 87.2 Å². The van der Waals surface area contributed by atoms with Gasteiger partial charge in [-0.05, 0) is 162 Å². The summed E-state index contributed by atoms with van der Waals surface area (Å²) < 4.78 is 125. The van der Waals surface area contributed by atoms with Crippen LogP contribution in [0.1, 0.15) is 0 Å². The predicted octanol–water partition coefficient (Wildman–Crippen LogP) is 11.7. The number of fused-ring (bicyclic) bond motifs is 24. The van der Waals surface area contributed by atoms with Crippen molar-refractivity contribution in [3.8, 4) is 45.6 Å². The van der Waals surface area contributed by atoms with Gasteiger partial charge in [0.1, 0.15) is 0 Å². The van der Waals surface area contributed by atoms with Gasteiger partial charge in [-0.15, -0.1) is 0 Å². The summed E-state index contributed by atoms with van der Waals surface area (Å²) in [4.78, 5) is 38.6. The molecule has 0 fully saturated rings. The molecule has 0 amide bonds. The molecule has 13 rings (SSSR count). The summed E-state index contributed by atoms with van der Waals surface area (Å²) in [6.07, 6.45) is 0. The molecular weight excluding hydrogens is 908 g/mol. The van der Waals surface area contributed by atoms with E-state index < -0.39 is 46.5 Å². The van der Waals surface area contributed by atoms with E-state index in [9.17, 15) is 35.1 Å². The van der Waals surface area contributed by atoms with Crippen molar-refractivity contribution in [2.45, 2.75) is 0 Å². The van der Waals surface area contributed by atoms with Gasteiger partial charge >= 0.3 is 21.0 Å². The molecule has 2 aliphatic rings. The number of halogens is 8. The number of benzene rings is 8. The van der Waals surface area contributed by atoms with Gasteiger partial charge in [-0.25, -0.2) is 45.1 Å². The van der Waals surface area contributed by atoms with Crippen molar-refractivity contribution in [3.05, 3.63) is 144 Å². The van der Waals surface area contributed by atoms with Crippen molar-refractivity contribution in [3.63, 3.8) is 0 Å². The van der Waals surface area contributed by atoms with Gasteiger partial charge in [-0.2, -0.15) is 0 Å². The fourth-order valence-corrected chi connectivity index (χ4v) is 8.62. The third-order valence-corrected chi connectivity index (χ3v) is 11.7. The van der Waals surface area contributed by atoms with Gasteiger partial charge in [0.2, 0.25) is 0 Å². The first kappa shape index (κ1) is 39.6. The third kappa shape index (κ3) is 6.00. The Bertz CT molecular complexity index is 3710. The van der Waals surface area contributed by atoms with E-state index in [0.717, 1.165) is 65.9 Å². The van der Waals surface area contributed by atoms with Gasteiger partial charge in [0.25, 0.3) is 0 Å². The molecule has 8 bridgehead atoms. The minimum atomic E-state index is -1.08. The molecule has 9 nitrogen and oxygen atoms in total. The molecule has 0 saturated heterocycles. The molecule has 5 heterocycles. The van der Waals surface area contributed by atoms with E-state index in [0.29, 0.717) is 86.9 Å². The van der Waals surface area contributed by atoms with Crippen LogP contribution in [-0.2, 0) is 21.0 Å². The maximum atomic E-state index is 14.6. The Morgan fingerprint density at radius 3 is 0.652 bits per heavy atom. The van der Waals surface area contributed by atoms with Gasteiger partial charge in [0, 0.05) is 44.8 Å². The molecule has 8 aromatic carbocycles. The van der Waals surface area contributed by atoms with Gasteiger partial charge in [0.05, 0.1) is 23.3 Å². The minimum absolute atomic E-state index is 0.0347. The second-order valence-electron chi connectivity index (χ2n) is 15.5. The molecule has 0 radical (unpaired) electrons. The van der Waals surface area contributed by atoms with E-state index in [4.69, 9.17) is 43.5 Å². The van der Waals surface area contributed by atoms with E-state index in [2.05, 4.69) is 0 Å². The molecule has 0 spiro atoms. The second kappa shape index (κ2) is 14.2. The van der Waals surface area contributed by atoms with E-state index in [1.165, 1.54) is 0 Å². The molecule has 0 N–H and O–H groups in total. The monoisotopic (exact) mass is 923 g/mol. The molecule has 0 aliphatic carbocycles. The van der Waals surface area contributed by atoms with Crippen LogP contribution in [0.15, 0.2) is 97.1 Å². The van der Waals surface area contributed by atoms with Crippen molar-refractivity contribution in [1.29, 1.82) is 0 Å². The summed E-state index contributed by atoms with van der Waals surface area (Å²) in [7, 11) is 0. The number of nitrogens with zero attached hydrogens (tertiary/aromatic N) is 8. The molecule has 11 aromatic rings. The van der Waals surface area contributed by atoms with E-state index in [1.54, 1.807) is 48.5 Å². The van der Waals surface area contributed by atoms with Crippen molar-refractivity contribution < 1.29 is 56.2 Å². The van der Waals surface area contributed by atoms with E-state index >= 15 is 0 Å². The topological polar surface area (TPSA) is 123 Å². The Hall–Kier alpha value is -8.02. The van der Waals surface area contributed by atoms with Crippen LogP contribution in [0.25, 0.3) is 133 Å². The zero-order chi connectivity index (χ0) is 45.4. The molecule has 0 unspecified atom stereocenters. The summed E-state index contributed by atoms with van der Waals surface area (Å²) in [5.41, 5.74) is 1.52. The fraction of sp³-hybridized carbons (Fsp3) is 0. The molecule has 66 heavy (non-hydrogen) atoms. The summed E-state index contributed by atoms with van der Waals surface area (Å²) in [5, 5.41) is 3.87. The van der Waals surface area contributed by atoms with Crippen molar-refractivity contribution in [2.24, 2.45) is 0 Å². The average Bonchev–Trinajstić information content (AvgIpc) is 4.00. The quantitative estimate of drug-likeness (QED) is 0.137. The molecular formula is C48H16F8N8OV. The summed E-state index contributed by atoms with van der Waals surface area (Å²) >= 11 is 1.06. The Labute approximate surface area is 371 Å². The zero-order valence-corrected chi connectivity index (χ0v) is 34.1. The Morgan fingerprint density at radius 2 is 0.455 bits per heavy atom. The standard InChI is InChI=1S/C48H16F8N8.O.V/c49-33-9-17-1-25-26(2-18(17)10-34(33)50)42-57-41(25)61-43-27-3-19-11-35(51)36(52)12-20(19)4-28(27)45(58-43)63-47-31-7-23-15-39(55)40(56)16-24(23)8-32(31)48(60-47)64-46-30-6-22-14-38(54)37(53)13-21(22)5-29(30)44(59-46)62-42;;/h1-16H;;/q-2;;+2. The molecule has 2 aliphatic heterocycles. The summed E-state index contributed by atoms with van der Waals surface area (Å²) in [6.45, 7) is 0. The van der Waals surface area contributed by atoms with Crippen molar-refractivity contribution in [1.82, 2.24) is 39.9 Å². The van der Waals surface area contributed by atoms with Crippen LogP contribution in [0.2, 0.25) is 0 Å².